The number of benzene rings is 2. The molecule has 5 nitrogen and oxygen atoms in total. The zero-order valence-corrected chi connectivity index (χ0v) is 17.5. The highest BCUT2D eigenvalue weighted by atomic mass is 16.5. The van der Waals surface area contributed by atoms with Gasteiger partial charge in [0.1, 0.15) is 5.84 Å². The summed E-state index contributed by atoms with van der Waals surface area (Å²) in [6.45, 7) is 12.2. The first-order chi connectivity index (χ1) is 13.3. The Bertz CT molecular complexity index is 882. The van der Waals surface area contributed by atoms with Gasteiger partial charge < -0.3 is 9.64 Å². The van der Waals surface area contributed by atoms with Crippen molar-refractivity contribution < 1.29 is 9.53 Å². The smallest absolute Gasteiger partial charge is 0.350 e. The Morgan fingerprint density at radius 3 is 1.89 bits per heavy atom. The number of hydrogen-bond donors (Lipinski definition) is 1. The SMILES string of the molecule is CCOC(=O)C1N(c2c(C)cccc2C)C(=N)C(C)N1c1c(C)cccc1C. The molecule has 2 aromatic carbocycles. The van der Waals surface area contributed by atoms with Gasteiger partial charge in [-0.05, 0) is 63.8 Å². The van der Waals surface area contributed by atoms with E-state index in [2.05, 4.69) is 0 Å². The summed E-state index contributed by atoms with van der Waals surface area (Å²) in [5, 5.41) is 8.90. The maximum atomic E-state index is 13.1. The number of esters is 1. The second-order valence-electron chi connectivity index (χ2n) is 7.45. The van der Waals surface area contributed by atoms with E-state index in [0.29, 0.717) is 12.4 Å². The molecule has 0 spiro atoms. The van der Waals surface area contributed by atoms with Crippen molar-refractivity contribution in [3.05, 3.63) is 58.7 Å². The van der Waals surface area contributed by atoms with Gasteiger partial charge in [0, 0.05) is 5.69 Å². The van der Waals surface area contributed by atoms with Crippen molar-refractivity contribution in [2.45, 2.75) is 53.8 Å². The summed E-state index contributed by atoms with van der Waals surface area (Å²) in [7, 11) is 0. The number of nitrogens with zero attached hydrogens (tertiary/aromatic N) is 2. The lowest BCUT2D eigenvalue weighted by Gasteiger charge is -2.34. The van der Waals surface area contributed by atoms with Gasteiger partial charge in [0.15, 0.2) is 0 Å². The minimum absolute atomic E-state index is 0.256. The molecular weight excluding hydrogens is 350 g/mol. The van der Waals surface area contributed by atoms with Crippen LogP contribution in [0.15, 0.2) is 36.4 Å². The molecule has 3 rings (SSSR count). The van der Waals surface area contributed by atoms with E-state index in [1.807, 2.05) is 87.7 Å². The van der Waals surface area contributed by atoms with E-state index >= 15 is 0 Å². The third-order valence-corrected chi connectivity index (χ3v) is 5.46. The summed E-state index contributed by atoms with van der Waals surface area (Å²) >= 11 is 0. The molecule has 0 aliphatic carbocycles. The van der Waals surface area contributed by atoms with Gasteiger partial charge in [-0.1, -0.05) is 36.4 Å². The molecule has 1 heterocycles. The fourth-order valence-corrected chi connectivity index (χ4v) is 4.19. The van der Waals surface area contributed by atoms with Crippen molar-refractivity contribution >= 4 is 23.2 Å². The lowest BCUT2D eigenvalue weighted by molar-refractivity contribution is -0.144. The van der Waals surface area contributed by atoms with E-state index in [0.717, 1.165) is 33.6 Å². The van der Waals surface area contributed by atoms with Gasteiger partial charge in [-0.15, -0.1) is 0 Å². The molecule has 2 aromatic rings. The Labute approximate surface area is 167 Å². The highest BCUT2D eigenvalue weighted by Crippen LogP contribution is 2.39. The van der Waals surface area contributed by atoms with E-state index in [4.69, 9.17) is 10.1 Å². The molecule has 1 aliphatic rings. The number of anilines is 2. The van der Waals surface area contributed by atoms with Crippen LogP contribution in [0.2, 0.25) is 0 Å². The van der Waals surface area contributed by atoms with Gasteiger partial charge in [0.05, 0.1) is 18.3 Å². The lowest BCUT2D eigenvalue weighted by atomic mass is 10.1. The molecule has 1 N–H and O–H groups in total. The number of ether oxygens (including phenoxy) is 1. The summed E-state index contributed by atoms with van der Waals surface area (Å²) in [6, 6.07) is 11.9. The van der Waals surface area contributed by atoms with Crippen molar-refractivity contribution in [3.8, 4) is 0 Å². The molecular formula is C23H29N3O2. The highest BCUT2D eigenvalue weighted by molar-refractivity contribution is 6.11. The molecule has 1 saturated heterocycles. The molecule has 0 radical (unpaired) electrons. The maximum Gasteiger partial charge on any atom is 0.350 e. The number of carbonyl (C=O) groups is 1. The third-order valence-electron chi connectivity index (χ3n) is 5.46. The van der Waals surface area contributed by atoms with Gasteiger partial charge in [-0.25, -0.2) is 4.79 Å². The first-order valence-corrected chi connectivity index (χ1v) is 9.74. The first kappa shape index (κ1) is 19.9. The number of nitrogens with one attached hydrogen (secondary N) is 1. The zero-order chi connectivity index (χ0) is 20.6. The van der Waals surface area contributed by atoms with Crippen LogP contribution >= 0.6 is 0 Å². The van der Waals surface area contributed by atoms with Crippen LogP contribution in [0.5, 0.6) is 0 Å². The zero-order valence-electron chi connectivity index (χ0n) is 17.5. The molecule has 0 amide bonds. The largest absolute Gasteiger partial charge is 0.463 e. The summed E-state index contributed by atoms with van der Waals surface area (Å²) in [4.78, 5) is 17.0. The topological polar surface area (TPSA) is 56.6 Å². The quantitative estimate of drug-likeness (QED) is 0.795. The van der Waals surface area contributed by atoms with Crippen LogP contribution in [0.4, 0.5) is 11.4 Å². The number of hydrogen-bond acceptors (Lipinski definition) is 4. The van der Waals surface area contributed by atoms with Crippen LogP contribution in [0.25, 0.3) is 0 Å². The van der Waals surface area contributed by atoms with Crippen molar-refractivity contribution in [1.29, 1.82) is 5.41 Å². The summed E-state index contributed by atoms with van der Waals surface area (Å²) in [5.41, 5.74) is 6.14. The standard InChI is InChI=1S/C23H29N3O2/c1-7-28-23(27)22-25(19-14(2)10-8-11-15(19)3)18(6)21(24)26(22)20-16(4)12-9-13-17(20)5/h8-13,18,22,24H,7H2,1-6H3. The van der Waals surface area contributed by atoms with Crippen LogP contribution < -0.4 is 9.80 Å². The fraction of sp³-hybridized carbons (Fsp3) is 0.391. The number of amidine groups is 1. The van der Waals surface area contributed by atoms with Gasteiger partial charge in [0.25, 0.3) is 0 Å². The van der Waals surface area contributed by atoms with E-state index < -0.39 is 6.17 Å². The Morgan fingerprint density at radius 1 is 0.964 bits per heavy atom. The molecule has 28 heavy (non-hydrogen) atoms. The number of para-hydroxylation sites is 2. The normalized spacial score (nSPS) is 19.3. The van der Waals surface area contributed by atoms with Gasteiger partial charge >= 0.3 is 5.97 Å². The van der Waals surface area contributed by atoms with E-state index in [1.54, 1.807) is 0 Å². The number of rotatable bonds is 4. The molecule has 148 valence electrons. The predicted octanol–water partition coefficient (Wildman–Crippen LogP) is 4.50. The maximum absolute atomic E-state index is 13.1. The second kappa shape index (κ2) is 7.66. The van der Waals surface area contributed by atoms with Gasteiger partial charge in [0.2, 0.25) is 6.17 Å². The third kappa shape index (κ3) is 3.15. The van der Waals surface area contributed by atoms with Crippen molar-refractivity contribution in [3.63, 3.8) is 0 Å². The molecule has 1 aliphatic heterocycles. The highest BCUT2D eigenvalue weighted by Gasteiger charge is 2.48. The Balaban J connectivity index is 2.23. The average Bonchev–Trinajstić information content (AvgIpc) is 2.87. The fourth-order valence-electron chi connectivity index (χ4n) is 4.19. The Morgan fingerprint density at radius 2 is 1.43 bits per heavy atom. The van der Waals surface area contributed by atoms with Gasteiger partial charge in [-0.3, -0.25) is 10.3 Å². The molecule has 2 atom stereocenters. The molecule has 5 heteroatoms. The van der Waals surface area contributed by atoms with Crippen LogP contribution in [0, 0.1) is 33.1 Å². The second-order valence-corrected chi connectivity index (χ2v) is 7.45. The van der Waals surface area contributed by atoms with Crippen LogP contribution in [-0.2, 0) is 9.53 Å². The molecule has 0 saturated carbocycles. The van der Waals surface area contributed by atoms with Gasteiger partial charge in [-0.2, -0.15) is 0 Å². The first-order valence-electron chi connectivity index (χ1n) is 9.74. The summed E-state index contributed by atoms with van der Waals surface area (Å²) in [5.74, 6) is 0.0695. The molecule has 1 fully saturated rings. The van der Waals surface area contributed by atoms with E-state index in [1.165, 1.54) is 0 Å². The predicted molar refractivity (Wildman–Crippen MR) is 114 cm³/mol. The Kier molecular flexibility index (Phi) is 5.45. The van der Waals surface area contributed by atoms with Crippen molar-refractivity contribution in [1.82, 2.24) is 0 Å². The number of carbonyl (C=O) groups excluding carboxylic acids is 1. The van der Waals surface area contributed by atoms with Crippen LogP contribution in [-0.4, -0.2) is 30.6 Å². The van der Waals surface area contributed by atoms with E-state index in [9.17, 15) is 4.79 Å². The van der Waals surface area contributed by atoms with Crippen LogP contribution in [0.3, 0.4) is 0 Å². The minimum Gasteiger partial charge on any atom is -0.463 e. The van der Waals surface area contributed by atoms with E-state index in [-0.39, 0.29) is 12.0 Å². The molecule has 2 unspecified atom stereocenters. The monoisotopic (exact) mass is 379 g/mol. The van der Waals surface area contributed by atoms with Crippen molar-refractivity contribution in [2.24, 2.45) is 0 Å². The van der Waals surface area contributed by atoms with Crippen molar-refractivity contribution in [2.75, 3.05) is 16.4 Å². The van der Waals surface area contributed by atoms with Crippen LogP contribution in [0.1, 0.15) is 36.1 Å². The Hall–Kier alpha value is -2.82. The number of aryl methyl sites for hydroxylation is 4. The minimum atomic E-state index is -0.706. The average molecular weight is 380 g/mol. The molecule has 0 bridgehead atoms. The lowest BCUT2D eigenvalue weighted by Crippen LogP contribution is -2.48. The summed E-state index contributed by atoms with van der Waals surface area (Å²) < 4.78 is 5.47. The summed E-state index contributed by atoms with van der Waals surface area (Å²) in [6.07, 6.45) is -0.706. The molecule has 0 aromatic heterocycles.